The van der Waals surface area contributed by atoms with E-state index in [1.165, 1.54) is 82.0 Å². The summed E-state index contributed by atoms with van der Waals surface area (Å²) >= 11 is 0. The molecule has 20 heavy (non-hydrogen) atoms. The van der Waals surface area contributed by atoms with E-state index < -0.39 is 0 Å². The van der Waals surface area contributed by atoms with E-state index in [1.54, 1.807) is 0 Å². The largest absolute Gasteiger partial charge is 1.00 e. The third-order valence-corrected chi connectivity index (χ3v) is 3.94. The second-order valence-corrected chi connectivity index (χ2v) is 5.65. The van der Waals surface area contributed by atoms with Gasteiger partial charge in [-0.1, -0.05) is 53.4 Å². The fourth-order valence-corrected chi connectivity index (χ4v) is 2.64. The number of nitrogens with zero attached hydrogens (tertiary/aromatic N) is 1. The van der Waals surface area contributed by atoms with Gasteiger partial charge in [-0.3, -0.25) is 0 Å². The Hall–Kier alpha value is 0.210. The van der Waals surface area contributed by atoms with Crippen molar-refractivity contribution >= 4 is 0 Å². The molecular weight excluding hydrogens is 270 g/mol. The van der Waals surface area contributed by atoms with E-state index in [-0.39, 0.29) is 12.4 Å². The molecule has 0 saturated heterocycles. The molecule has 0 aliphatic heterocycles. The fourth-order valence-electron chi connectivity index (χ4n) is 2.64. The zero-order chi connectivity index (χ0) is 15.0. The van der Waals surface area contributed by atoms with Gasteiger partial charge in [-0.2, -0.15) is 0 Å². The number of aliphatic hydroxyl groups is 1. The Morgan fingerprint density at radius 3 is 0.900 bits per heavy atom. The first-order valence-corrected chi connectivity index (χ1v) is 8.54. The average Bonchev–Trinajstić information content (AvgIpc) is 2.48. The molecule has 0 heterocycles. The summed E-state index contributed by atoms with van der Waals surface area (Å²) < 4.78 is 1.42. The van der Waals surface area contributed by atoms with E-state index in [9.17, 15) is 0 Å². The second-order valence-electron chi connectivity index (χ2n) is 5.65. The van der Waals surface area contributed by atoms with Gasteiger partial charge in [-0.05, 0) is 25.7 Å². The van der Waals surface area contributed by atoms with Gasteiger partial charge in [-0.15, -0.1) is 0 Å². The van der Waals surface area contributed by atoms with Gasteiger partial charge in [0.05, 0.1) is 26.2 Å². The quantitative estimate of drug-likeness (QED) is 0.543. The highest BCUT2D eigenvalue weighted by atomic mass is 35.5. The molecule has 0 spiro atoms. The van der Waals surface area contributed by atoms with Crippen LogP contribution in [0, 0.1) is 0 Å². The summed E-state index contributed by atoms with van der Waals surface area (Å²) in [5.41, 5.74) is 0. The summed E-state index contributed by atoms with van der Waals surface area (Å²) in [7, 11) is 1.00. The number of halogens is 1. The van der Waals surface area contributed by atoms with E-state index in [1.807, 2.05) is 0 Å². The van der Waals surface area contributed by atoms with Crippen LogP contribution in [0.15, 0.2) is 0 Å². The number of quaternary nitrogens is 1. The van der Waals surface area contributed by atoms with Gasteiger partial charge in [0.1, 0.15) is 0 Å². The smallest absolute Gasteiger partial charge is 0.0786 e. The van der Waals surface area contributed by atoms with Gasteiger partial charge in [-0.25, -0.2) is 0 Å². The van der Waals surface area contributed by atoms with Crippen molar-refractivity contribution in [1.29, 1.82) is 0 Å². The minimum absolute atomic E-state index is 0. The van der Waals surface area contributed by atoms with Crippen molar-refractivity contribution in [3.8, 4) is 0 Å². The molecule has 0 amide bonds. The van der Waals surface area contributed by atoms with Gasteiger partial charge in [0, 0.05) is 7.11 Å². The number of hydrogen-bond acceptors (Lipinski definition) is 1. The number of hydrogen-bond donors (Lipinski definition) is 1. The molecule has 0 rings (SSSR count). The molecule has 1 N–H and O–H groups in total. The first-order chi connectivity index (χ1) is 9.24. The van der Waals surface area contributed by atoms with E-state index in [0.29, 0.717) is 0 Å². The summed E-state index contributed by atoms with van der Waals surface area (Å²) in [6, 6.07) is 0. The molecule has 0 aliphatic carbocycles. The maximum atomic E-state index is 7.00. The highest BCUT2D eigenvalue weighted by Crippen LogP contribution is 2.16. The van der Waals surface area contributed by atoms with E-state index in [2.05, 4.69) is 27.7 Å². The van der Waals surface area contributed by atoms with Crippen molar-refractivity contribution in [1.82, 2.24) is 0 Å². The Morgan fingerprint density at radius 2 is 0.750 bits per heavy atom. The molecule has 126 valence electrons. The van der Waals surface area contributed by atoms with Crippen LogP contribution in [0.2, 0.25) is 0 Å². The lowest BCUT2D eigenvalue weighted by Gasteiger charge is -2.39. The standard InChI is InChI=1S/C16H36N.CH4O.ClH/c1-5-9-13-17(14-10-6-2,15-11-7-3)16-12-8-4;1-2;/h5-16H2,1-4H3;2H,1H3;1H/q+1;;/p-1. The zero-order valence-corrected chi connectivity index (χ0v) is 15.5. The maximum absolute atomic E-state index is 7.00. The van der Waals surface area contributed by atoms with Gasteiger partial charge >= 0.3 is 0 Å². The van der Waals surface area contributed by atoms with Crippen LogP contribution in [0.25, 0.3) is 0 Å². The predicted molar refractivity (Wildman–Crippen MR) is 87.5 cm³/mol. The van der Waals surface area contributed by atoms with Crippen LogP contribution in [-0.4, -0.2) is 42.9 Å². The Balaban J connectivity index is -0.000000916. The maximum Gasteiger partial charge on any atom is 0.0786 e. The summed E-state index contributed by atoms with van der Waals surface area (Å²) in [4.78, 5) is 0. The third kappa shape index (κ3) is 13.2. The van der Waals surface area contributed by atoms with E-state index >= 15 is 0 Å². The number of unbranched alkanes of at least 4 members (excludes halogenated alkanes) is 4. The second kappa shape index (κ2) is 19.2. The van der Waals surface area contributed by atoms with Gasteiger partial charge in [0.25, 0.3) is 0 Å². The first-order valence-electron chi connectivity index (χ1n) is 8.54. The Bertz CT molecular complexity index is 128. The molecule has 0 aromatic carbocycles. The molecule has 0 fully saturated rings. The van der Waals surface area contributed by atoms with E-state index in [0.717, 1.165) is 7.11 Å². The molecule has 2 nitrogen and oxygen atoms in total. The molecule has 3 heteroatoms. The number of rotatable bonds is 12. The predicted octanol–water partition coefficient (Wildman–Crippen LogP) is 1.62. The Morgan fingerprint density at radius 1 is 0.550 bits per heavy atom. The molecule has 0 aromatic heterocycles. The fraction of sp³-hybridized carbons (Fsp3) is 1.00. The van der Waals surface area contributed by atoms with Crippen molar-refractivity contribution in [3.63, 3.8) is 0 Å². The van der Waals surface area contributed by atoms with Crippen LogP contribution in [0.4, 0.5) is 0 Å². The topological polar surface area (TPSA) is 20.2 Å². The summed E-state index contributed by atoms with van der Waals surface area (Å²) in [6.07, 6.45) is 11.1. The van der Waals surface area contributed by atoms with Gasteiger partial charge in [0.2, 0.25) is 0 Å². The molecule has 0 aromatic rings. The molecular formula is C17H40ClNO. The normalized spacial score (nSPS) is 10.5. The van der Waals surface area contributed by atoms with Crippen molar-refractivity contribution in [3.05, 3.63) is 0 Å². The SMILES string of the molecule is CCCC[N+](CCCC)(CCCC)CCCC.CO.[Cl-]. The average molecular weight is 310 g/mol. The minimum Gasteiger partial charge on any atom is -1.00 e. The lowest BCUT2D eigenvalue weighted by Crippen LogP contribution is -3.00. The zero-order valence-electron chi connectivity index (χ0n) is 14.8. The molecule has 0 radical (unpaired) electrons. The van der Waals surface area contributed by atoms with Crippen LogP contribution >= 0.6 is 0 Å². The lowest BCUT2D eigenvalue weighted by molar-refractivity contribution is -0.929. The van der Waals surface area contributed by atoms with E-state index in [4.69, 9.17) is 5.11 Å². The Kier molecular flexibility index (Phi) is 24.2. The monoisotopic (exact) mass is 309 g/mol. The first kappa shape index (κ1) is 25.2. The highest BCUT2D eigenvalue weighted by Gasteiger charge is 2.24. The van der Waals surface area contributed by atoms with Crippen LogP contribution in [-0.2, 0) is 0 Å². The van der Waals surface area contributed by atoms with Crippen molar-refractivity contribution in [2.24, 2.45) is 0 Å². The summed E-state index contributed by atoms with van der Waals surface area (Å²) in [5, 5.41) is 7.00. The lowest BCUT2D eigenvalue weighted by atomic mass is 10.1. The highest BCUT2D eigenvalue weighted by molar-refractivity contribution is 4.49. The van der Waals surface area contributed by atoms with Crippen LogP contribution in [0.5, 0.6) is 0 Å². The minimum atomic E-state index is 0. The van der Waals surface area contributed by atoms with Crippen LogP contribution in [0.1, 0.15) is 79.1 Å². The molecule has 0 saturated carbocycles. The number of aliphatic hydroxyl groups excluding tert-OH is 1. The van der Waals surface area contributed by atoms with Gasteiger partial charge in [0.15, 0.2) is 0 Å². The summed E-state index contributed by atoms with van der Waals surface area (Å²) in [6.45, 7) is 15.0. The summed E-state index contributed by atoms with van der Waals surface area (Å²) in [5.74, 6) is 0. The molecule has 0 unspecified atom stereocenters. The van der Waals surface area contributed by atoms with Crippen molar-refractivity contribution < 1.29 is 22.0 Å². The van der Waals surface area contributed by atoms with Crippen molar-refractivity contribution in [2.75, 3.05) is 33.3 Å². The third-order valence-electron chi connectivity index (χ3n) is 3.94. The van der Waals surface area contributed by atoms with Crippen LogP contribution < -0.4 is 12.4 Å². The van der Waals surface area contributed by atoms with Gasteiger partial charge < -0.3 is 22.0 Å². The molecule has 0 atom stereocenters. The molecule has 0 bridgehead atoms. The van der Waals surface area contributed by atoms with Crippen LogP contribution in [0.3, 0.4) is 0 Å². The van der Waals surface area contributed by atoms with Crippen molar-refractivity contribution in [2.45, 2.75) is 79.1 Å². The molecule has 0 aliphatic rings. The Labute approximate surface area is 135 Å².